The molecule has 3 amide bonds. The number of imide groups is 1. The Hall–Kier alpha value is -3.04. The molecule has 3 aliphatic rings. The number of nitrogens with zero attached hydrogens (tertiary/aromatic N) is 3. The number of morpholine rings is 1. The summed E-state index contributed by atoms with van der Waals surface area (Å²) in [6.45, 7) is 4.63. The first kappa shape index (κ1) is 24.7. The van der Waals surface area contributed by atoms with Crippen LogP contribution in [-0.4, -0.2) is 87.7 Å². The van der Waals surface area contributed by atoms with E-state index < -0.39 is 29.0 Å². The van der Waals surface area contributed by atoms with Crippen molar-refractivity contribution in [3.05, 3.63) is 64.7 Å². The number of carbonyl (C=O) groups is 3. The Kier molecular flexibility index (Phi) is 6.70. The van der Waals surface area contributed by atoms with E-state index in [-0.39, 0.29) is 13.0 Å². The summed E-state index contributed by atoms with van der Waals surface area (Å²) >= 11 is 0. The SMILES string of the molecule is [B]C1CC([B])(N2Cc3c(OCc4ccc(CN5CCOCC5)cc4)cccc3C2=O)C(=O)N([B])C1=O. The van der Waals surface area contributed by atoms with Crippen LogP contribution in [0.3, 0.4) is 0 Å². The first-order valence-corrected chi connectivity index (χ1v) is 11.9. The van der Waals surface area contributed by atoms with E-state index in [0.717, 1.165) is 38.4 Å². The Morgan fingerprint density at radius 2 is 1.72 bits per heavy atom. The molecule has 2 saturated heterocycles. The molecule has 3 aliphatic heterocycles. The lowest BCUT2D eigenvalue weighted by Crippen LogP contribution is -2.65. The van der Waals surface area contributed by atoms with Gasteiger partial charge in [0.25, 0.3) is 5.91 Å². The summed E-state index contributed by atoms with van der Waals surface area (Å²) in [5.74, 6) is -2.59. The lowest BCUT2D eigenvalue weighted by atomic mass is 9.61. The molecule has 11 heteroatoms. The molecule has 178 valence electrons. The first-order chi connectivity index (χ1) is 17.3. The molecule has 2 aromatic rings. The van der Waals surface area contributed by atoms with E-state index >= 15 is 0 Å². The number of benzene rings is 2. The molecule has 0 saturated carbocycles. The minimum absolute atomic E-state index is 0.0415. The van der Waals surface area contributed by atoms with Gasteiger partial charge in [0.1, 0.15) is 20.2 Å². The van der Waals surface area contributed by atoms with Crippen molar-refractivity contribution in [2.24, 2.45) is 0 Å². The molecular weight excluding hydrogens is 455 g/mol. The molecule has 0 spiro atoms. The van der Waals surface area contributed by atoms with E-state index in [1.807, 2.05) is 12.1 Å². The van der Waals surface area contributed by atoms with Crippen LogP contribution >= 0.6 is 0 Å². The molecule has 0 bridgehead atoms. The maximum Gasteiger partial charge on any atom is 0.254 e. The summed E-state index contributed by atoms with van der Waals surface area (Å²) in [5.41, 5.74) is 1.39. The van der Waals surface area contributed by atoms with Gasteiger partial charge >= 0.3 is 0 Å². The van der Waals surface area contributed by atoms with Crippen molar-refractivity contribution in [2.45, 2.75) is 37.4 Å². The van der Waals surface area contributed by atoms with Gasteiger partial charge in [0.15, 0.2) is 0 Å². The van der Waals surface area contributed by atoms with Gasteiger partial charge in [-0.15, -0.1) is 0 Å². The maximum absolute atomic E-state index is 13.2. The number of piperidine rings is 1. The minimum Gasteiger partial charge on any atom is -0.489 e. The van der Waals surface area contributed by atoms with Crippen LogP contribution in [-0.2, 0) is 34.0 Å². The van der Waals surface area contributed by atoms with Crippen LogP contribution in [0.15, 0.2) is 42.5 Å². The Bertz CT molecular complexity index is 1190. The lowest BCUT2D eigenvalue weighted by Gasteiger charge is -2.46. The van der Waals surface area contributed by atoms with Crippen molar-refractivity contribution < 1.29 is 23.9 Å². The summed E-state index contributed by atoms with van der Waals surface area (Å²) in [4.78, 5) is 42.0. The van der Waals surface area contributed by atoms with Gasteiger partial charge in [-0.1, -0.05) is 30.3 Å². The Balaban J connectivity index is 1.28. The molecule has 2 aromatic carbocycles. The highest BCUT2D eigenvalue weighted by Crippen LogP contribution is 2.39. The smallest absolute Gasteiger partial charge is 0.254 e. The van der Waals surface area contributed by atoms with Gasteiger partial charge in [-0.05, 0) is 29.7 Å². The molecule has 8 nitrogen and oxygen atoms in total. The largest absolute Gasteiger partial charge is 0.489 e. The van der Waals surface area contributed by atoms with Crippen molar-refractivity contribution in [3.63, 3.8) is 0 Å². The van der Waals surface area contributed by atoms with Crippen molar-refractivity contribution in [3.8, 4) is 5.75 Å². The number of amides is 3. The maximum atomic E-state index is 13.2. The van der Waals surface area contributed by atoms with Gasteiger partial charge in [0, 0.05) is 36.6 Å². The van der Waals surface area contributed by atoms with E-state index in [1.165, 1.54) is 10.5 Å². The third-order valence-electron chi connectivity index (χ3n) is 7.01. The van der Waals surface area contributed by atoms with Crippen molar-refractivity contribution in [1.82, 2.24) is 14.6 Å². The molecule has 0 aliphatic carbocycles. The van der Waals surface area contributed by atoms with Crippen molar-refractivity contribution in [2.75, 3.05) is 26.3 Å². The highest BCUT2D eigenvalue weighted by Gasteiger charge is 2.51. The van der Waals surface area contributed by atoms with E-state index in [1.54, 1.807) is 18.2 Å². The predicted octanol–water partition coefficient (Wildman–Crippen LogP) is 0.718. The number of rotatable bonds is 6. The molecule has 36 heavy (non-hydrogen) atoms. The second kappa shape index (κ2) is 9.79. The summed E-state index contributed by atoms with van der Waals surface area (Å²) in [6.07, 6.45) is -0.217. The molecule has 5 rings (SSSR count). The quantitative estimate of drug-likeness (QED) is 0.449. The van der Waals surface area contributed by atoms with Crippen LogP contribution in [0.1, 0.15) is 33.5 Å². The van der Waals surface area contributed by atoms with E-state index in [0.29, 0.717) is 28.3 Å². The fourth-order valence-corrected chi connectivity index (χ4v) is 4.90. The normalized spacial score (nSPS) is 24.8. The van der Waals surface area contributed by atoms with Gasteiger partial charge in [-0.2, -0.15) is 0 Å². The molecule has 2 unspecified atom stereocenters. The number of ether oxygens (including phenoxy) is 2. The zero-order valence-electron chi connectivity index (χ0n) is 19.9. The molecule has 2 atom stereocenters. The van der Waals surface area contributed by atoms with Gasteiger partial charge in [-0.25, -0.2) is 0 Å². The fraction of sp³-hybridized carbons (Fsp3) is 0.400. The highest BCUT2D eigenvalue weighted by atomic mass is 16.5. The number of hydrogen-bond donors (Lipinski definition) is 0. The van der Waals surface area contributed by atoms with E-state index in [9.17, 15) is 14.4 Å². The number of hydrogen-bond acceptors (Lipinski definition) is 6. The topological polar surface area (TPSA) is 79.4 Å². The number of carbonyl (C=O) groups excluding carboxylic acids is 3. The third kappa shape index (κ3) is 4.46. The predicted molar refractivity (Wildman–Crippen MR) is 133 cm³/mol. The zero-order chi connectivity index (χ0) is 25.4. The van der Waals surface area contributed by atoms with Crippen LogP contribution in [0.5, 0.6) is 5.75 Å². The van der Waals surface area contributed by atoms with Crippen molar-refractivity contribution >= 4 is 41.4 Å². The molecule has 0 aromatic heterocycles. The van der Waals surface area contributed by atoms with Crippen molar-refractivity contribution in [1.29, 1.82) is 0 Å². The molecule has 0 N–H and O–H groups in total. The molecule has 2 fully saturated rings. The zero-order valence-corrected chi connectivity index (χ0v) is 19.9. The number of fused-ring (bicyclic) bond motifs is 1. The molecular formula is C25H24B3N3O5. The monoisotopic (exact) mass is 479 g/mol. The first-order valence-electron chi connectivity index (χ1n) is 11.9. The second-order valence-corrected chi connectivity index (χ2v) is 9.42. The summed E-state index contributed by atoms with van der Waals surface area (Å²) in [6, 6.07) is 13.4. The van der Waals surface area contributed by atoms with Gasteiger partial charge in [0.2, 0.25) is 19.8 Å². The van der Waals surface area contributed by atoms with Crippen LogP contribution in [0.2, 0.25) is 5.82 Å². The van der Waals surface area contributed by atoms with E-state index in [4.69, 9.17) is 33.1 Å². The van der Waals surface area contributed by atoms with Crippen LogP contribution in [0.25, 0.3) is 0 Å². The van der Waals surface area contributed by atoms with Crippen LogP contribution in [0.4, 0.5) is 0 Å². The standard InChI is InChI=1S/C25H24B3N3O5/c26-20-12-25(27,24(34)31(28)23(20)33)30-14-19-18(22(30)32)2-1-3-21(19)36-15-17-6-4-16(5-7-17)13-29-8-10-35-11-9-29/h1-7,20H,8-15H2. The molecule has 6 radical (unpaired) electrons. The van der Waals surface area contributed by atoms with Gasteiger partial charge in [0.05, 0.1) is 33.0 Å². The Labute approximate surface area is 214 Å². The summed E-state index contributed by atoms with van der Waals surface area (Å²) in [7, 11) is 17.8. The summed E-state index contributed by atoms with van der Waals surface area (Å²) in [5, 5.41) is 0. The summed E-state index contributed by atoms with van der Waals surface area (Å²) < 4.78 is 11.5. The molecule has 3 heterocycles. The average Bonchev–Trinajstić information content (AvgIpc) is 3.24. The van der Waals surface area contributed by atoms with Crippen LogP contribution < -0.4 is 4.74 Å². The Morgan fingerprint density at radius 1 is 1.03 bits per heavy atom. The van der Waals surface area contributed by atoms with Crippen LogP contribution in [0, 0.1) is 0 Å². The van der Waals surface area contributed by atoms with Gasteiger partial charge in [-0.3, -0.25) is 19.3 Å². The second-order valence-electron chi connectivity index (χ2n) is 9.42. The average molecular weight is 479 g/mol. The fourth-order valence-electron chi connectivity index (χ4n) is 4.90. The van der Waals surface area contributed by atoms with E-state index in [2.05, 4.69) is 17.0 Å². The van der Waals surface area contributed by atoms with Gasteiger partial charge < -0.3 is 19.2 Å². The lowest BCUT2D eigenvalue weighted by molar-refractivity contribution is -0.147. The Morgan fingerprint density at radius 3 is 2.44 bits per heavy atom. The third-order valence-corrected chi connectivity index (χ3v) is 7.01. The highest BCUT2D eigenvalue weighted by molar-refractivity contribution is 6.42. The minimum atomic E-state index is -1.83.